The molecule has 0 aromatic carbocycles. The monoisotopic (exact) mass is 278 g/mol. The molecule has 0 saturated carbocycles. The van der Waals surface area contributed by atoms with Crippen LogP contribution in [-0.2, 0) is 0 Å². The minimum absolute atomic E-state index is 0.705. The van der Waals surface area contributed by atoms with Gasteiger partial charge >= 0.3 is 0 Å². The van der Waals surface area contributed by atoms with Crippen LogP contribution in [0.25, 0.3) is 0 Å². The molecule has 4 nitrogen and oxygen atoms in total. The molecule has 0 aromatic rings. The number of piperidine rings is 1. The molecule has 0 N–H and O–H groups in total. The lowest BCUT2D eigenvalue weighted by atomic mass is 9.71. The van der Waals surface area contributed by atoms with Gasteiger partial charge in [-0.2, -0.15) is 0 Å². The number of nitrogens with zero attached hydrogens (tertiary/aromatic N) is 4. The van der Waals surface area contributed by atoms with Gasteiger partial charge in [0.05, 0.1) is 0 Å². The van der Waals surface area contributed by atoms with Crippen LogP contribution in [-0.4, -0.2) is 98.1 Å². The minimum atomic E-state index is 0.705. The molecule has 4 aliphatic heterocycles. The van der Waals surface area contributed by atoms with E-state index in [1.807, 2.05) is 0 Å². The molecular weight excluding hydrogens is 248 g/mol. The SMILES string of the molecule is CN1CCC2(CC1)CN([C@@H]1CCN(C3CN(C)C3)C1)C2. The quantitative estimate of drug-likeness (QED) is 0.725. The lowest BCUT2D eigenvalue weighted by molar-refractivity contribution is -0.0654. The standard InChI is InChI=1S/C16H30N4/c1-17-7-4-16(5-8-17)12-20(13-16)14-3-6-19(11-14)15-9-18(2)10-15/h14-15H,3-13H2,1-2H3/t14-/m1/s1. The third kappa shape index (κ3) is 2.31. The van der Waals surface area contributed by atoms with Gasteiger partial charge in [-0.05, 0) is 51.9 Å². The topological polar surface area (TPSA) is 13.0 Å². The third-order valence-electron chi connectivity index (χ3n) is 6.40. The van der Waals surface area contributed by atoms with Crippen molar-refractivity contribution in [3.05, 3.63) is 0 Å². The Morgan fingerprint density at radius 3 is 2.10 bits per heavy atom. The molecule has 0 aliphatic carbocycles. The molecule has 1 spiro atoms. The molecule has 4 fully saturated rings. The van der Waals surface area contributed by atoms with Crippen LogP contribution in [0, 0.1) is 5.41 Å². The summed E-state index contributed by atoms with van der Waals surface area (Å²) in [5.41, 5.74) is 0.705. The van der Waals surface area contributed by atoms with Gasteiger partial charge in [-0.1, -0.05) is 0 Å². The summed E-state index contributed by atoms with van der Waals surface area (Å²) in [5.74, 6) is 0. The summed E-state index contributed by atoms with van der Waals surface area (Å²) in [4.78, 5) is 10.5. The van der Waals surface area contributed by atoms with Gasteiger partial charge in [0.1, 0.15) is 0 Å². The summed E-state index contributed by atoms with van der Waals surface area (Å²) in [6, 6.07) is 1.73. The van der Waals surface area contributed by atoms with E-state index in [2.05, 4.69) is 33.7 Å². The van der Waals surface area contributed by atoms with Crippen LogP contribution in [0.2, 0.25) is 0 Å². The Balaban J connectivity index is 1.25. The molecule has 0 aromatic heterocycles. The van der Waals surface area contributed by atoms with E-state index in [0.29, 0.717) is 5.41 Å². The largest absolute Gasteiger partial charge is 0.306 e. The van der Waals surface area contributed by atoms with Crippen molar-refractivity contribution in [3.8, 4) is 0 Å². The van der Waals surface area contributed by atoms with Gasteiger partial charge in [0.15, 0.2) is 0 Å². The second-order valence-corrected chi connectivity index (χ2v) is 8.02. The fourth-order valence-corrected chi connectivity index (χ4v) is 4.78. The van der Waals surface area contributed by atoms with Crippen LogP contribution >= 0.6 is 0 Å². The van der Waals surface area contributed by atoms with Crippen molar-refractivity contribution < 1.29 is 0 Å². The molecule has 0 amide bonds. The highest BCUT2D eigenvalue weighted by atomic mass is 15.4. The van der Waals surface area contributed by atoms with Crippen molar-refractivity contribution >= 4 is 0 Å². The smallest absolute Gasteiger partial charge is 0.0350 e. The molecule has 0 radical (unpaired) electrons. The molecular formula is C16H30N4. The fourth-order valence-electron chi connectivity index (χ4n) is 4.78. The Labute approximate surface area is 123 Å². The van der Waals surface area contributed by atoms with Crippen LogP contribution in [0.15, 0.2) is 0 Å². The Morgan fingerprint density at radius 2 is 1.45 bits per heavy atom. The van der Waals surface area contributed by atoms with Crippen molar-refractivity contribution in [1.29, 1.82) is 0 Å². The maximum absolute atomic E-state index is 2.80. The summed E-state index contributed by atoms with van der Waals surface area (Å²) < 4.78 is 0. The van der Waals surface area contributed by atoms with Gasteiger partial charge in [0.25, 0.3) is 0 Å². The van der Waals surface area contributed by atoms with E-state index in [1.165, 1.54) is 71.6 Å². The maximum atomic E-state index is 2.80. The van der Waals surface area contributed by atoms with Crippen molar-refractivity contribution in [2.45, 2.75) is 31.3 Å². The van der Waals surface area contributed by atoms with Crippen LogP contribution in [0.4, 0.5) is 0 Å². The highest BCUT2D eigenvalue weighted by Crippen LogP contribution is 2.42. The summed E-state index contributed by atoms with van der Waals surface area (Å²) in [7, 11) is 4.51. The van der Waals surface area contributed by atoms with Crippen LogP contribution < -0.4 is 0 Å². The summed E-state index contributed by atoms with van der Waals surface area (Å²) >= 11 is 0. The first-order valence-corrected chi connectivity index (χ1v) is 8.49. The fraction of sp³-hybridized carbons (Fsp3) is 1.00. The molecule has 4 heteroatoms. The number of rotatable bonds is 2. The Morgan fingerprint density at radius 1 is 0.750 bits per heavy atom. The molecule has 114 valence electrons. The zero-order valence-electron chi connectivity index (χ0n) is 13.2. The first kappa shape index (κ1) is 13.5. The predicted octanol–water partition coefficient (Wildman–Crippen LogP) is 0.402. The van der Waals surface area contributed by atoms with E-state index >= 15 is 0 Å². The molecule has 4 aliphatic rings. The third-order valence-corrected chi connectivity index (χ3v) is 6.40. The summed E-state index contributed by atoms with van der Waals surface area (Å²) in [6.45, 7) is 10.7. The van der Waals surface area contributed by atoms with Gasteiger partial charge < -0.3 is 9.80 Å². The van der Waals surface area contributed by atoms with E-state index in [-0.39, 0.29) is 0 Å². The Kier molecular flexibility index (Phi) is 3.33. The van der Waals surface area contributed by atoms with Crippen molar-refractivity contribution in [2.75, 3.05) is 66.5 Å². The molecule has 4 heterocycles. The maximum Gasteiger partial charge on any atom is 0.0350 e. The van der Waals surface area contributed by atoms with E-state index in [9.17, 15) is 0 Å². The highest BCUT2D eigenvalue weighted by molar-refractivity contribution is 5.02. The molecule has 1 atom stereocenters. The molecule has 0 unspecified atom stereocenters. The van der Waals surface area contributed by atoms with E-state index in [4.69, 9.17) is 0 Å². The second kappa shape index (κ2) is 4.94. The predicted molar refractivity (Wildman–Crippen MR) is 82.0 cm³/mol. The van der Waals surface area contributed by atoms with Crippen molar-refractivity contribution in [2.24, 2.45) is 5.41 Å². The molecule has 4 rings (SSSR count). The van der Waals surface area contributed by atoms with Crippen LogP contribution in [0.1, 0.15) is 19.3 Å². The van der Waals surface area contributed by atoms with E-state index in [1.54, 1.807) is 0 Å². The summed E-state index contributed by atoms with van der Waals surface area (Å²) in [5, 5.41) is 0. The lowest BCUT2D eigenvalue weighted by Crippen LogP contribution is -2.63. The van der Waals surface area contributed by atoms with Crippen LogP contribution in [0.5, 0.6) is 0 Å². The lowest BCUT2D eigenvalue weighted by Gasteiger charge is -2.56. The number of likely N-dealkylation sites (tertiary alicyclic amines) is 4. The molecule has 0 bridgehead atoms. The minimum Gasteiger partial charge on any atom is -0.306 e. The van der Waals surface area contributed by atoms with Gasteiger partial charge in [-0.25, -0.2) is 0 Å². The number of hydrogen-bond donors (Lipinski definition) is 0. The summed E-state index contributed by atoms with van der Waals surface area (Å²) in [6.07, 6.45) is 4.28. The average molecular weight is 278 g/mol. The van der Waals surface area contributed by atoms with Gasteiger partial charge in [-0.15, -0.1) is 0 Å². The number of likely N-dealkylation sites (N-methyl/N-ethyl adjacent to an activating group) is 1. The van der Waals surface area contributed by atoms with E-state index < -0.39 is 0 Å². The van der Waals surface area contributed by atoms with Gasteiger partial charge in [0, 0.05) is 51.4 Å². The first-order chi connectivity index (χ1) is 9.63. The zero-order valence-corrected chi connectivity index (χ0v) is 13.2. The Hall–Kier alpha value is -0.160. The molecule has 20 heavy (non-hydrogen) atoms. The van der Waals surface area contributed by atoms with Gasteiger partial charge in [0.2, 0.25) is 0 Å². The molecule has 4 saturated heterocycles. The zero-order chi connectivity index (χ0) is 13.7. The van der Waals surface area contributed by atoms with E-state index in [0.717, 1.165) is 12.1 Å². The van der Waals surface area contributed by atoms with Gasteiger partial charge in [-0.3, -0.25) is 9.80 Å². The average Bonchev–Trinajstić information content (AvgIpc) is 2.82. The van der Waals surface area contributed by atoms with Crippen molar-refractivity contribution in [3.63, 3.8) is 0 Å². The van der Waals surface area contributed by atoms with Crippen molar-refractivity contribution in [1.82, 2.24) is 19.6 Å². The Bertz CT molecular complexity index is 349. The highest BCUT2D eigenvalue weighted by Gasteiger charge is 2.48. The second-order valence-electron chi connectivity index (χ2n) is 8.02. The number of hydrogen-bond acceptors (Lipinski definition) is 4. The first-order valence-electron chi connectivity index (χ1n) is 8.49. The van der Waals surface area contributed by atoms with Crippen LogP contribution in [0.3, 0.4) is 0 Å². The normalized spacial score (nSPS) is 37.2.